The van der Waals surface area contributed by atoms with Gasteiger partial charge in [-0.15, -0.1) is 0 Å². The normalized spacial score (nSPS) is 10.9. The van der Waals surface area contributed by atoms with Crippen molar-refractivity contribution in [1.29, 1.82) is 0 Å². The molecule has 3 nitrogen and oxygen atoms in total. The van der Waals surface area contributed by atoms with Crippen molar-refractivity contribution in [1.82, 2.24) is 0 Å². The topological polar surface area (TPSA) is 38.3 Å². The van der Waals surface area contributed by atoms with Crippen LogP contribution in [-0.4, -0.2) is 8.05 Å². The molecule has 104 valence electrons. The molecule has 1 N–H and O–H groups in total. The number of rotatable bonds is 3. The largest absolute Gasteiger partial charge is 0.457 e. The summed E-state index contributed by atoms with van der Waals surface area (Å²) in [6, 6.07) is 16.6. The third-order valence-electron chi connectivity index (χ3n) is 2.33. The summed E-state index contributed by atoms with van der Waals surface area (Å²) in [6.07, 6.45) is 0. The summed E-state index contributed by atoms with van der Waals surface area (Å²) in [4.78, 5) is 11.8. The fourth-order valence-electron chi connectivity index (χ4n) is 1.46. The summed E-state index contributed by atoms with van der Waals surface area (Å²) >= 11 is 9.49. The van der Waals surface area contributed by atoms with Gasteiger partial charge in [0.25, 0.3) is 5.91 Å². The number of halogens is 3. The molecule has 2 rings (SSSR count). The number of para-hydroxylation sites is 1. The maximum Gasteiger partial charge on any atom is 0.263 e. The lowest BCUT2D eigenvalue weighted by molar-refractivity contribution is -0.114. The molecule has 0 atom stereocenters. The molecule has 2 aromatic carbocycles. The van der Waals surface area contributed by atoms with Gasteiger partial charge in [-0.3, -0.25) is 4.79 Å². The minimum Gasteiger partial charge on any atom is -0.457 e. The summed E-state index contributed by atoms with van der Waals surface area (Å²) in [5.74, 6) is 1.12. The van der Waals surface area contributed by atoms with Crippen LogP contribution in [0, 0.1) is 0 Å². The molecule has 0 aliphatic heterocycles. The number of benzene rings is 2. The van der Waals surface area contributed by atoms with Crippen LogP contribution in [0.2, 0.25) is 0 Å². The van der Waals surface area contributed by atoms with Crippen LogP contribution in [0.3, 0.4) is 0 Å². The Morgan fingerprint density at radius 1 is 0.950 bits per heavy atom. The number of carbonyl (C=O) groups excluding carboxylic acids is 1. The molecule has 0 heterocycles. The molecule has 0 fully saturated rings. The van der Waals surface area contributed by atoms with E-state index >= 15 is 0 Å². The average molecular weight is 464 g/mol. The molecule has 0 aromatic heterocycles. The molecular weight excluding hydrogens is 454 g/mol. The number of nitrogens with one attached hydrogen (secondary N) is 1. The third kappa shape index (κ3) is 4.61. The Morgan fingerprint density at radius 2 is 1.60 bits per heavy atom. The van der Waals surface area contributed by atoms with E-state index in [0.29, 0.717) is 11.4 Å². The standard InChI is InChI=1S/C14H10Br3NO2/c15-14(16,17)13(19)18-10-5-4-8-12(9-10)20-11-6-2-1-3-7-11/h1-9H,(H,18,19). The van der Waals surface area contributed by atoms with Gasteiger partial charge in [0.15, 0.2) is 0 Å². The Morgan fingerprint density at radius 3 is 2.25 bits per heavy atom. The van der Waals surface area contributed by atoms with E-state index in [9.17, 15) is 4.79 Å². The fourth-order valence-corrected chi connectivity index (χ4v) is 1.76. The van der Waals surface area contributed by atoms with Gasteiger partial charge < -0.3 is 10.1 Å². The molecule has 0 aliphatic rings. The van der Waals surface area contributed by atoms with Gasteiger partial charge in [0, 0.05) is 11.8 Å². The van der Waals surface area contributed by atoms with Gasteiger partial charge in [-0.25, -0.2) is 0 Å². The van der Waals surface area contributed by atoms with Gasteiger partial charge in [-0.05, 0) is 72.1 Å². The lowest BCUT2D eigenvalue weighted by Crippen LogP contribution is -2.25. The first kappa shape index (κ1) is 15.5. The summed E-state index contributed by atoms with van der Waals surface area (Å²) < 4.78 is 4.72. The maximum atomic E-state index is 11.8. The van der Waals surface area contributed by atoms with Gasteiger partial charge >= 0.3 is 0 Å². The van der Waals surface area contributed by atoms with Gasteiger partial charge in [-0.1, -0.05) is 24.3 Å². The average Bonchev–Trinajstić information content (AvgIpc) is 2.39. The smallest absolute Gasteiger partial charge is 0.263 e. The summed E-state index contributed by atoms with van der Waals surface area (Å²) in [5, 5.41) is 2.75. The molecular formula is C14H10Br3NO2. The highest BCUT2D eigenvalue weighted by atomic mass is 80.0. The molecule has 0 aliphatic carbocycles. The Balaban J connectivity index is 2.10. The van der Waals surface area contributed by atoms with Gasteiger partial charge in [-0.2, -0.15) is 0 Å². The zero-order valence-corrected chi connectivity index (χ0v) is 14.9. The SMILES string of the molecule is O=C(Nc1cccc(Oc2ccccc2)c1)C(Br)(Br)Br. The Kier molecular flexibility index (Phi) is 5.23. The fraction of sp³-hybridized carbons (Fsp3) is 0.0714. The second-order valence-corrected chi connectivity index (χ2v) is 10.7. The van der Waals surface area contributed by atoms with Gasteiger partial charge in [0.1, 0.15) is 11.5 Å². The van der Waals surface area contributed by atoms with Crippen LogP contribution in [-0.2, 0) is 4.79 Å². The van der Waals surface area contributed by atoms with E-state index in [-0.39, 0.29) is 5.91 Å². The number of hydrogen-bond acceptors (Lipinski definition) is 2. The summed E-state index contributed by atoms with van der Waals surface area (Å²) in [6.45, 7) is 0. The molecule has 2 aromatic rings. The molecule has 0 saturated heterocycles. The van der Waals surface area contributed by atoms with Crippen molar-refractivity contribution < 1.29 is 9.53 Å². The number of anilines is 1. The first-order valence-corrected chi connectivity index (χ1v) is 8.04. The Labute approximate surface area is 142 Å². The highest BCUT2D eigenvalue weighted by molar-refractivity contribution is 9.40. The van der Waals surface area contributed by atoms with Gasteiger partial charge in [0.05, 0.1) is 0 Å². The lowest BCUT2D eigenvalue weighted by Gasteiger charge is -2.13. The number of alkyl halides is 3. The van der Waals surface area contributed by atoms with Crippen molar-refractivity contribution in [2.75, 3.05) is 5.32 Å². The van der Waals surface area contributed by atoms with Crippen LogP contribution in [0.25, 0.3) is 0 Å². The lowest BCUT2D eigenvalue weighted by atomic mass is 10.3. The summed E-state index contributed by atoms with van der Waals surface area (Å²) in [7, 11) is 0. The van der Waals surface area contributed by atoms with Crippen molar-refractivity contribution in [3.63, 3.8) is 0 Å². The predicted octanol–water partition coefficient (Wildman–Crippen LogP) is 5.26. The zero-order chi connectivity index (χ0) is 14.6. The molecule has 0 saturated carbocycles. The molecule has 20 heavy (non-hydrogen) atoms. The molecule has 0 radical (unpaired) electrons. The van der Waals surface area contributed by atoms with Crippen LogP contribution in [0.15, 0.2) is 54.6 Å². The van der Waals surface area contributed by atoms with E-state index < -0.39 is 2.14 Å². The highest BCUT2D eigenvalue weighted by Gasteiger charge is 2.28. The molecule has 1 amide bonds. The minimum absolute atomic E-state index is 0.269. The first-order chi connectivity index (χ1) is 9.45. The first-order valence-electron chi connectivity index (χ1n) is 5.66. The van der Waals surface area contributed by atoms with Gasteiger partial charge in [0.2, 0.25) is 2.14 Å². The van der Waals surface area contributed by atoms with E-state index in [2.05, 4.69) is 53.1 Å². The van der Waals surface area contributed by atoms with Crippen molar-refractivity contribution in [2.45, 2.75) is 2.14 Å². The molecule has 0 bridgehead atoms. The summed E-state index contributed by atoms with van der Waals surface area (Å²) in [5.41, 5.74) is 0.645. The van der Waals surface area contributed by atoms with Crippen LogP contribution < -0.4 is 10.1 Å². The minimum atomic E-state index is -0.983. The number of carbonyl (C=O) groups is 1. The third-order valence-corrected chi connectivity index (χ3v) is 3.41. The Hall–Kier alpha value is -0.850. The van der Waals surface area contributed by atoms with E-state index in [1.807, 2.05) is 42.5 Å². The second kappa shape index (κ2) is 6.74. The molecule has 0 spiro atoms. The predicted molar refractivity (Wildman–Crippen MR) is 91.1 cm³/mol. The second-order valence-electron chi connectivity index (χ2n) is 3.89. The quantitative estimate of drug-likeness (QED) is 0.631. The van der Waals surface area contributed by atoms with E-state index in [1.165, 1.54) is 0 Å². The van der Waals surface area contributed by atoms with Crippen molar-refractivity contribution >= 4 is 59.4 Å². The zero-order valence-electron chi connectivity index (χ0n) is 10.1. The van der Waals surface area contributed by atoms with Crippen LogP contribution in [0.5, 0.6) is 11.5 Å². The van der Waals surface area contributed by atoms with E-state index in [1.54, 1.807) is 12.1 Å². The van der Waals surface area contributed by atoms with Crippen molar-refractivity contribution in [3.8, 4) is 11.5 Å². The van der Waals surface area contributed by atoms with Crippen molar-refractivity contribution in [2.24, 2.45) is 0 Å². The number of amides is 1. The maximum absolute atomic E-state index is 11.8. The molecule has 0 unspecified atom stereocenters. The van der Waals surface area contributed by atoms with Crippen molar-refractivity contribution in [3.05, 3.63) is 54.6 Å². The Bertz CT molecular complexity index is 597. The van der Waals surface area contributed by atoms with Crippen LogP contribution >= 0.6 is 47.8 Å². The number of hydrogen-bond donors (Lipinski definition) is 1. The van der Waals surface area contributed by atoms with Crippen LogP contribution in [0.1, 0.15) is 0 Å². The monoisotopic (exact) mass is 461 g/mol. The van der Waals surface area contributed by atoms with E-state index in [0.717, 1.165) is 5.75 Å². The van der Waals surface area contributed by atoms with Crippen LogP contribution in [0.4, 0.5) is 5.69 Å². The molecule has 6 heteroatoms. The highest BCUT2D eigenvalue weighted by Crippen LogP contribution is 2.35. The number of ether oxygens (including phenoxy) is 1. The van der Waals surface area contributed by atoms with E-state index in [4.69, 9.17) is 4.74 Å².